The predicted octanol–water partition coefficient (Wildman–Crippen LogP) is 4.57. The van der Waals surface area contributed by atoms with Crippen LogP contribution in [0.5, 0.6) is 0 Å². The molecular weight excluding hydrogens is 469 g/mol. The van der Waals surface area contributed by atoms with Crippen molar-refractivity contribution < 1.29 is 13.2 Å². The molecule has 0 saturated carbocycles. The van der Waals surface area contributed by atoms with Crippen molar-refractivity contribution in [1.29, 1.82) is 0 Å². The second-order valence-corrected chi connectivity index (χ2v) is 10.7. The Kier molecular flexibility index (Phi) is 8.82. The third-order valence-electron chi connectivity index (χ3n) is 5.55. The zero-order valence-corrected chi connectivity index (χ0v) is 20.5. The van der Waals surface area contributed by atoms with E-state index in [1.165, 1.54) is 30.0 Å². The quantitative estimate of drug-likeness (QED) is 0.579. The lowest BCUT2D eigenvalue weighted by Gasteiger charge is -2.24. The van der Waals surface area contributed by atoms with E-state index in [9.17, 15) is 13.2 Å². The molecule has 3 rings (SSSR count). The van der Waals surface area contributed by atoms with E-state index >= 15 is 0 Å². The smallest absolute Gasteiger partial charge is 0.251 e. The Bertz CT molecular complexity index is 1020. The second-order valence-electron chi connectivity index (χ2n) is 8.05. The second kappa shape index (κ2) is 11.4. The average molecular weight is 498 g/mol. The van der Waals surface area contributed by atoms with Crippen LogP contribution in [0.15, 0.2) is 42.5 Å². The SMILES string of the molecule is CS(=O)(=O)N(Cc1ccc(C(=O)NCCN2CCCCCC2)cc1)c1cccc(Cl)c1Cl. The van der Waals surface area contributed by atoms with Gasteiger partial charge in [0, 0.05) is 18.7 Å². The van der Waals surface area contributed by atoms with Crippen molar-refractivity contribution in [3.8, 4) is 0 Å². The third kappa shape index (κ3) is 6.85. The maximum atomic E-state index is 12.5. The van der Waals surface area contributed by atoms with Crippen LogP contribution in [0, 0.1) is 0 Å². The molecule has 0 aromatic heterocycles. The minimum Gasteiger partial charge on any atom is -0.351 e. The number of anilines is 1. The molecule has 0 atom stereocenters. The van der Waals surface area contributed by atoms with Gasteiger partial charge in [-0.15, -0.1) is 0 Å². The van der Waals surface area contributed by atoms with Gasteiger partial charge < -0.3 is 10.2 Å². The van der Waals surface area contributed by atoms with Crippen molar-refractivity contribution in [2.45, 2.75) is 32.2 Å². The number of carbonyl (C=O) groups excluding carboxylic acids is 1. The van der Waals surface area contributed by atoms with Gasteiger partial charge in [0.15, 0.2) is 0 Å². The predicted molar refractivity (Wildman–Crippen MR) is 131 cm³/mol. The number of hydrogen-bond donors (Lipinski definition) is 1. The number of nitrogens with one attached hydrogen (secondary N) is 1. The monoisotopic (exact) mass is 497 g/mol. The molecule has 0 spiro atoms. The van der Waals surface area contributed by atoms with Crippen LogP contribution in [-0.2, 0) is 16.6 Å². The van der Waals surface area contributed by atoms with Crippen LogP contribution in [0.1, 0.15) is 41.6 Å². The van der Waals surface area contributed by atoms with Gasteiger partial charge in [-0.1, -0.05) is 54.2 Å². The summed E-state index contributed by atoms with van der Waals surface area (Å²) in [6.07, 6.45) is 6.14. The number of rotatable bonds is 8. The molecule has 2 aromatic carbocycles. The summed E-state index contributed by atoms with van der Waals surface area (Å²) < 4.78 is 26.0. The largest absolute Gasteiger partial charge is 0.351 e. The molecule has 0 unspecified atom stereocenters. The third-order valence-corrected chi connectivity index (χ3v) is 7.49. The first kappa shape index (κ1) is 24.8. The summed E-state index contributed by atoms with van der Waals surface area (Å²) >= 11 is 12.3. The van der Waals surface area contributed by atoms with E-state index in [0.29, 0.717) is 17.8 Å². The van der Waals surface area contributed by atoms with Crippen LogP contribution in [0.3, 0.4) is 0 Å². The molecule has 6 nitrogen and oxygen atoms in total. The van der Waals surface area contributed by atoms with E-state index in [1.807, 2.05) is 0 Å². The van der Waals surface area contributed by atoms with Gasteiger partial charge in [0.2, 0.25) is 10.0 Å². The number of amides is 1. The Balaban J connectivity index is 1.62. The van der Waals surface area contributed by atoms with Gasteiger partial charge in [-0.3, -0.25) is 9.10 Å². The molecule has 1 aliphatic heterocycles. The zero-order valence-electron chi connectivity index (χ0n) is 18.2. The van der Waals surface area contributed by atoms with Crippen molar-refractivity contribution >= 4 is 44.8 Å². The van der Waals surface area contributed by atoms with E-state index in [4.69, 9.17) is 23.2 Å². The highest BCUT2D eigenvalue weighted by atomic mass is 35.5. The fraction of sp³-hybridized carbons (Fsp3) is 0.435. The topological polar surface area (TPSA) is 69.7 Å². The van der Waals surface area contributed by atoms with Crippen molar-refractivity contribution in [2.75, 3.05) is 36.7 Å². The van der Waals surface area contributed by atoms with Gasteiger partial charge >= 0.3 is 0 Å². The summed E-state index contributed by atoms with van der Waals surface area (Å²) in [5.41, 5.74) is 1.58. The Hall–Kier alpha value is -1.80. The van der Waals surface area contributed by atoms with Crippen molar-refractivity contribution in [3.05, 3.63) is 63.6 Å². The van der Waals surface area contributed by atoms with E-state index in [2.05, 4.69) is 10.2 Å². The van der Waals surface area contributed by atoms with E-state index in [1.54, 1.807) is 42.5 Å². The number of carbonyl (C=O) groups is 1. The molecule has 1 amide bonds. The summed E-state index contributed by atoms with van der Waals surface area (Å²) in [5.74, 6) is -0.135. The van der Waals surface area contributed by atoms with Gasteiger partial charge in [-0.05, 0) is 55.8 Å². The lowest BCUT2D eigenvalue weighted by atomic mass is 10.1. The first-order valence-corrected chi connectivity index (χ1v) is 13.4. The number of hydrogen-bond acceptors (Lipinski definition) is 4. The lowest BCUT2D eigenvalue weighted by molar-refractivity contribution is 0.0948. The number of halogens is 2. The maximum absolute atomic E-state index is 12.5. The first-order chi connectivity index (χ1) is 15.3. The molecule has 1 aliphatic rings. The highest BCUT2D eigenvalue weighted by Gasteiger charge is 2.21. The molecule has 1 saturated heterocycles. The molecule has 0 aliphatic carbocycles. The maximum Gasteiger partial charge on any atom is 0.251 e. The lowest BCUT2D eigenvalue weighted by Crippen LogP contribution is -2.35. The Labute approximate surface area is 200 Å². The van der Waals surface area contributed by atoms with Gasteiger partial charge in [-0.25, -0.2) is 8.42 Å². The van der Waals surface area contributed by atoms with Crippen LogP contribution >= 0.6 is 23.2 Å². The molecule has 174 valence electrons. The minimum absolute atomic E-state index is 0.0791. The molecule has 32 heavy (non-hydrogen) atoms. The van der Waals surface area contributed by atoms with E-state index < -0.39 is 10.0 Å². The normalized spacial score (nSPS) is 15.2. The van der Waals surface area contributed by atoms with Gasteiger partial charge in [0.25, 0.3) is 5.91 Å². The number of benzene rings is 2. The first-order valence-electron chi connectivity index (χ1n) is 10.8. The van der Waals surface area contributed by atoms with Gasteiger partial charge in [-0.2, -0.15) is 0 Å². The number of sulfonamides is 1. The molecule has 1 N–H and O–H groups in total. The van der Waals surface area contributed by atoms with Crippen LogP contribution in [0.4, 0.5) is 5.69 Å². The summed E-state index contributed by atoms with van der Waals surface area (Å²) in [5, 5.41) is 3.43. The van der Waals surface area contributed by atoms with Crippen molar-refractivity contribution in [2.24, 2.45) is 0 Å². The number of likely N-dealkylation sites (tertiary alicyclic amines) is 1. The fourth-order valence-electron chi connectivity index (χ4n) is 3.78. The van der Waals surface area contributed by atoms with Gasteiger partial charge in [0.05, 0.1) is 28.5 Å². The molecular formula is C23H29Cl2N3O3S. The van der Waals surface area contributed by atoms with Crippen LogP contribution in [0.25, 0.3) is 0 Å². The molecule has 0 bridgehead atoms. The molecule has 9 heteroatoms. The van der Waals surface area contributed by atoms with Crippen LogP contribution < -0.4 is 9.62 Å². The van der Waals surface area contributed by atoms with Crippen LogP contribution in [-0.4, -0.2) is 51.7 Å². The Morgan fingerprint density at radius 2 is 1.69 bits per heavy atom. The highest BCUT2D eigenvalue weighted by Crippen LogP contribution is 2.34. The fourth-order valence-corrected chi connectivity index (χ4v) is 5.12. The molecule has 0 radical (unpaired) electrons. The average Bonchev–Trinajstić information content (AvgIpc) is 3.03. The molecule has 1 heterocycles. The Morgan fingerprint density at radius 3 is 2.31 bits per heavy atom. The zero-order chi connectivity index (χ0) is 23.1. The summed E-state index contributed by atoms with van der Waals surface area (Å²) in [4.78, 5) is 14.9. The van der Waals surface area contributed by atoms with Crippen LogP contribution in [0.2, 0.25) is 10.0 Å². The molecule has 2 aromatic rings. The minimum atomic E-state index is -3.60. The number of nitrogens with zero attached hydrogens (tertiary/aromatic N) is 2. The van der Waals surface area contributed by atoms with Crippen molar-refractivity contribution in [1.82, 2.24) is 10.2 Å². The van der Waals surface area contributed by atoms with E-state index in [-0.39, 0.29) is 22.5 Å². The summed E-state index contributed by atoms with van der Waals surface area (Å²) in [7, 11) is -3.60. The standard InChI is InChI=1S/C23H29Cl2N3O3S/c1-32(30,31)28(21-8-6-7-20(24)22(21)25)17-18-9-11-19(12-10-18)23(29)26-13-16-27-14-4-2-3-5-15-27/h6-12H,2-5,13-17H2,1H3,(H,26,29). The summed E-state index contributed by atoms with van der Waals surface area (Å²) in [6, 6.07) is 11.8. The van der Waals surface area contributed by atoms with Crippen molar-refractivity contribution in [3.63, 3.8) is 0 Å². The molecule has 1 fully saturated rings. The Morgan fingerprint density at radius 1 is 1.03 bits per heavy atom. The van der Waals surface area contributed by atoms with E-state index in [0.717, 1.165) is 31.5 Å². The summed E-state index contributed by atoms with van der Waals surface area (Å²) in [6.45, 7) is 3.73. The van der Waals surface area contributed by atoms with Gasteiger partial charge in [0.1, 0.15) is 0 Å². The highest BCUT2D eigenvalue weighted by molar-refractivity contribution is 7.92.